The van der Waals surface area contributed by atoms with E-state index >= 15 is 0 Å². The van der Waals surface area contributed by atoms with Gasteiger partial charge in [0.25, 0.3) is 0 Å². The summed E-state index contributed by atoms with van der Waals surface area (Å²) < 4.78 is 0. The number of nitrogens with one attached hydrogen (secondary N) is 2. The molecule has 0 heterocycles. The lowest BCUT2D eigenvalue weighted by Crippen LogP contribution is -2.44. The van der Waals surface area contributed by atoms with Gasteiger partial charge in [0, 0.05) is 12.0 Å². The topological polar surface area (TPSA) is 84.2 Å². The second-order valence-electron chi connectivity index (χ2n) is 5.61. The van der Waals surface area contributed by atoms with Gasteiger partial charge in [-0.05, 0) is 18.4 Å². The molecular formula is C16H23N3O2. The van der Waals surface area contributed by atoms with Crippen LogP contribution in [0, 0.1) is 0 Å². The summed E-state index contributed by atoms with van der Waals surface area (Å²) in [7, 11) is 0. The third-order valence-electron chi connectivity index (χ3n) is 4.20. The van der Waals surface area contributed by atoms with Gasteiger partial charge in [-0.25, -0.2) is 0 Å². The molecule has 21 heavy (non-hydrogen) atoms. The first kappa shape index (κ1) is 15.5. The zero-order valence-corrected chi connectivity index (χ0v) is 12.2. The lowest BCUT2D eigenvalue weighted by atomic mass is 9.79. The van der Waals surface area contributed by atoms with Crippen molar-refractivity contribution in [3.63, 3.8) is 0 Å². The minimum atomic E-state index is -0.316. The molecule has 1 aliphatic rings. The molecule has 0 radical (unpaired) electrons. The summed E-state index contributed by atoms with van der Waals surface area (Å²) in [5, 5.41) is 5.43. The van der Waals surface area contributed by atoms with Gasteiger partial charge in [0.2, 0.25) is 11.8 Å². The first-order chi connectivity index (χ1) is 10.2. The fraction of sp³-hybridized carbons (Fsp3) is 0.500. The molecule has 1 saturated carbocycles. The molecule has 0 unspecified atom stereocenters. The SMILES string of the molecule is NCC(=O)NCC(=O)NCC1(c2ccccc2)CCCC1. The third kappa shape index (κ3) is 4.04. The summed E-state index contributed by atoms with van der Waals surface area (Å²) in [5.41, 5.74) is 6.51. The highest BCUT2D eigenvalue weighted by molar-refractivity contribution is 5.85. The van der Waals surface area contributed by atoms with E-state index in [4.69, 9.17) is 5.73 Å². The van der Waals surface area contributed by atoms with Crippen molar-refractivity contribution in [3.8, 4) is 0 Å². The van der Waals surface area contributed by atoms with Crippen LogP contribution < -0.4 is 16.4 Å². The van der Waals surface area contributed by atoms with Gasteiger partial charge >= 0.3 is 0 Å². The van der Waals surface area contributed by atoms with Gasteiger partial charge in [0.05, 0.1) is 13.1 Å². The maximum Gasteiger partial charge on any atom is 0.239 e. The van der Waals surface area contributed by atoms with E-state index in [0.717, 1.165) is 12.8 Å². The molecule has 1 fully saturated rings. The normalized spacial score (nSPS) is 16.4. The summed E-state index contributed by atoms with van der Waals surface area (Å²) >= 11 is 0. The van der Waals surface area contributed by atoms with Gasteiger partial charge in [-0.1, -0.05) is 43.2 Å². The first-order valence-corrected chi connectivity index (χ1v) is 7.45. The number of carbonyl (C=O) groups is 2. The molecule has 5 heteroatoms. The van der Waals surface area contributed by atoms with E-state index in [9.17, 15) is 9.59 Å². The molecule has 0 atom stereocenters. The van der Waals surface area contributed by atoms with E-state index in [1.165, 1.54) is 18.4 Å². The van der Waals surface area contributed by atoms with Crippen LogP contribution in [0.1, 0.15) is 31.2 Å². The van der Waals surface area contributed by atoms with Crippen molar-refractivity contribution in [2.45, 2.75) is 31.1 Å². The fourth-order valence-electron chi connectivity index (χ4n) is 2.99. The highest BCUT2D eigenvalue weighted by atomic mass is 16.2. The fourth-order valence-corrected chi connectivity index (χ4v) is 2.99. The van der Waals surface area contributed by atoms with Crippen molar-refractivity contribution >= 4 is 11.8 Å². The van der Waals surface area contributed by atoms with Crippen molar-refractivity contribution in [1.82, 2.24) is 10.6 Å². The Bertz CT molecular complexity index is 482. The molecule has 5 nitrogen and oxygen atoms in total. The van der Waals surface area contributed by atoms with Crippen LogP contribution in [-0.2, 0) is 15.0 Å². The van der Waals surface area contributed by atoms with Crippen molar-refractivity contribution < 1.29 is 9.59 Å². The molecule has 0 saturated heterocycles. The predicted molar refractivity (Wildman–Crippen MR) is 81.7 cm³/mol. The van der Waals surface area contributed by atoms with E-state index in [0.29, 0.717) is 6.54 Å². The Morgan fingerprint density at radius 2 is 1.71 bits per heavy atom. The number of benzene rings is 1. The Hall–Kier alpha value is -1.88. The average molecular weight is 289 g/mol. The van der Waals surface area contributed by atoms with Crippen LogP contribution in [0.4, 0.5) is 0 Å². The average Bonchev–Trinajstić information content (AvgIpc) is 3.01. The Labute approximate surface area is 125 Å². The predicted octanol–water partition coefficient (Wildman–Crippen LogP) is 0.690. The van der Waals surface area contributed by atoms with Crippen LogP contribution in [0.2, 0.25) is 0 Å². The zero-order chi connectivity index (χ0) is 15.1. The number of nitrogens with two attached hydrogens (primary N) is 1. The van der Waals surface area contributed by atoms with Crippen LogP contribution in [0.5, 0.6) is 0 Å². The summed E-state index contributed by atoms with van der Waals surface area (Å²) in [6.45, 7) is 0.510. The van der Waals surface area contributed by atoms with Crippen LogP contribution in [-0.4, -0.2) is 31.4 Å². The molecule has 0 aliphatic heterocycles. The number of carbonyl (C=O) groups excluding carboxylic acids is 2. The molecule has 1 aromatic carbocycles. The van der Waals surface area contributed by atoms with Crippen molar-refractivity contribution in [3.05, 3.63) is 35.9 Å². The van der Waals surface area contributed by atoms with Crippen molar-refractivity contribution in [1.29, 1.82) is 0 Å². The standard InChI is InChI=1S/C16H23N3O2/c17-10-14(20)18-11-15(21)19-12-16(8-4-5-9-16)13-6-2-1-3-7-13/h1-3,6-7H,4-5,8-12,17H2,(H,18,20)(H,19,21). The van der Waals surface area contributed by atoms with Crippen LogP contribution >= 0.6 is 0 Å². The molecule has 1 aliphatic carbocycles. The highest BCUT2D eigenvalue weighted by Crippen LogP contribution is 2.40. The molecule has 2 amide bonds. The maximum atomic E-state index is 11.8. The molecule has 114 valence electrons. The lowest BCUT2D eigenvalue weighted by molar-refractivity contribution is -0.125. The first-order valence-electron chi connectivity index (χ1n) is 7.45. The molecule has 0 aromatic heterocycles. The Morgan fingerprint density at radius 3 is 2.33 bits per heavy atom. The van der Waals surface area contributed by atoms with Gasteiger partial charge in [0.1, 0.15) is 0 Å². The molecular weight excluding hydrogens is 266 g/mol. The van der Waals surface area contributed by atoms with Crippen molar-refractivity contribution in [2.75, 3.05) is 19.6 Å². The number of rotatable bonds is 6. The van der Waals surface area contributed by atoms with Crippen molar-refractivity contribution in [2.24, 2.45) is 5.73 Å². The monoisotopic (exact) mass is 289 g/mol. The number of amides is 2. The lowest BCUT2D eigenvalue weighted by Gasteiger charge is -2.30. The van der Waals surface area contributed by atoms with Crippen LogP contribution in [0.15, 0.2) is 30.3 Å². The maximum absolute atomic E-state index is 11.8. The van der Waals surface area contributed by atoms with Crippen LogP contribution in [0.25, 0.3) is 0 Å². The number of hydrogen-bond acceptors (Lipinski definition) is 3. The molecule has 0 bridgehead atoms. The minimum absolute atomic E-state index is 0.0130. The molecule has 2 rings (SSSR count). The van der Waals surface area contributed by atoms with E-state index in [2.05, 4.69) is 22.8 Å². The largest absolute Gasteiger partial charge is 0.354 e. The Morgan fingerprint density at radius 1 is 1.05 bits per heavy atom. The molecule has 1 aromatic rings. The van der Waals surface area contributed by atoms with Gasteiger partial charge < -0.3 is 16.4 Å². The second-order valence-corrected chi connectivity index (χ2v) is 5.61. The van der Waals surface area contributed by atoms with E-state index < -0.39 is 0 Å². The summed E-state index contributed by atoms with van der Waals surface area (Å²) in [6.07, 6.45) is 4.56. The van der Waals surface area contributed by atoms with E-state index in [1.807, 2.05) is 18.2 Å². The molecule has 4 N–H and O–H groups in total. The van der Waals surface area contributed by atoms with E-state index in [1.54, 1.807) is 0 Å². The summed E-state index contributed by atoms with van der Waals surface area (Å²) in [6, 6.07) is 10.4. The summed E-state index contributed by atoms with van der Waals surface area (Å²) in [4.78, 5) is 22.9. The minimum Gasteiger partial charge on any atom is -0.354 e. The quantitative estimate of drug-likeness (QED) is 0.720. The van der Waals surface area contributed by atoms with Gasteiger partial charge in [0.15, 0.2) is 0 Å². The Balaban J connectivity index is 1.92. The van der Waals surface area contributed by atoms with Gasteiger partial charge in [-0.3, -0.25) is 9.59 Å². The molecule has 0 spiro atoms. The van der Waals surface area contributed by atoms with Crippen LogP contribution in [0.3, 0.4) is 0 Å². The van der Waals surface area contributed by atoms with E-state index in [-0.39, 0.29) is 30.3 Å². The summed E-state index contributed by atoms with van der Waals surface area (Å²) in [5.74, 6) is -0.484. The van der Waals surface area contributed by atoms with Gasteiger partial charge in [-0.15, -0.1) is 0 Å². The second kappa shape index (κ2) is 7.22. The highest BCUT2D eigenvalue weighted by Gasteiger charge is 2.35. The third-order valence-corrected chi connectivity index (χ3v) is 4.20. The number of hydrogen-bond donors (Lipinski definition) is 3. The Kier molecular flexibility index (Phi) is 5.33. The zero-order valence-electron chi connectivity index (χ0n) is 12.2. The smallest absolute Gasteiger partial charge is 0.239 e. The van der Waals surface area contributed by atoms with Gasteiger partial charge in [-0.2, -0.15) is 0 Å².